The molecule has 0 amide bonds. The predicted molar refractivity (Wildman–Crippen MR) is 113 cm³/mol. The zero-order valence-corrected chi connectivity index (χ0v) is 17.6. The van der Waals surface area contributed by atoms with Crippen molar-refractivity contribution >= 4 is 29.9 Å². The average Bonchev–Trinajstić information content (AvgIpc) is 2.60. The molecular formula is C18H32IN5. The molecule has 1 aliphatic rings. The molecule has 1 saturated heterocycles. The highest BCUT2D eigenvalue weighted by molar-refractivity contribution is 14.0. The molecule has 0 atom stereocenters. The molecule has 0 bridgehead atoms. The number of aliphatic imine (C=N–C) groups is 1. The summed E-state index contributed by atoms with van der Waals surface area (Å²) in [7, 11) is 4.02. The summed E-state index contributed by atoms with van der Waals surface area (Å²) >= 11 is 0. The van der Waals surface area contributed by atoms with Crippen LogP contribution in [0, 0.1) is 0 Å². The Bertz CT molecular complexity index is 472. The minimum atomic E-state index is 0. The van der Waals surface area contributed by atoms with Crippen LogP contribution in [-0.2, 0) is 6.54 Å². The zero-order valence-electron chi connectivity index (χ0n) is 15.2. The lowest BCUT2D eigenvalue weighted by molar-refractivity contribution is 0.172. The summed E-state index contributed by atoms with van der Waals surface area (Å²) in [4.78, 5) is 11.6. The van der Waals surface area contributed by atoms with Crippen molar-refractivity contribution in [3.05, 3.63) is 35.9 Å². The maximum absolute atomic E-state index is 4.44. The molecule has 0 radical (unpaired) electrons. The Morgan fingerprint density at radius 3 is 2.42 bits per heavy atom. The smallest absolute Gasteiger partial charge is 0.193 e. The van der Waals surface area contributed by atoms with Gasteiger partial charge in [-0.3, -0.25) is 9.89 Å². The number of guanidine groups is 1. The fourth-order valence-electron chi connectivity index (χ4n) is 2.81. The standard InChI is InChI=1S/C18H31N5.HI/c1-4-21(3)11-10-20-18(19-2)23-14-12-22(13-15-23)16-17-8-6-5-7-9-17;/h5-9H,4,10-16H2,1-3H3,(H,19,20);1H. The highest BCUT2D eigenvalue weighted by atomic mass is 127. The maximum atomic E-state index is 4.44. The number of rotatable bonds is 6. The third kappa shape index (κ3) is 6.94. The first kappa shape index (κ1) is 21.2. The van der Waals surface area contributed by atoms with Crippen LogP contribution in [0.15, 0.2) is 35.3 Å². The maximum Gasteiger partial charge on any atom is 0.193 e. The van der Waals surface area contributed by atoms with Crippen molar-refractivity contribution in [2.75, 3.05) is 59.9 Å². The van der Waals surface area contributed by atoms with Crippen LogP contribution in [0.1, 0.15) is 12.5 Å². The van der Waals surface area contributed by atoms with Crippen LogP contribution in [0.2, 0.25) is 0 Å². The summed E-state index contributed by atoms with van der Waals surface area (Å²) in [6.07, 6.45) is 0. The molecule has 5 nitrogen and oxygen atoms in total. The second-order valence-electron chi connectivity index (χ2n) is 6.12. The molecule has 1 heterocycles. The second-order valence-corrected chi connectivity index (χ2v) is 6.12. The molecule has 1 fully saturated rings. The first-order valence-electron chi connectivity index (χ1n) is 8.63. The van der Waals surface area contributed by atoms with Crippen molar-refractivity contribution in [3.63, 3.8) is 0 Å². The van der Waals surface area contributed by atoms with E-state index in [-0.39, 0.29) is 24.0 Å². The van der Waals surface area contributed by atoms with E-state index in [2.05, 4.69) is 69.3 Å². The molecule has 24 heavy (non-hydrogen) atoms. The number of benzene rings is 1. The van der Waals surface area contributed by atoms with Crippen LogP contribution < -0.4 is 5.32 Å². The van der Waals surface area contributed by atoms with Crippen LogP contribution >= 0.6 is 24.0 Å². The number of hydrogen-bond acceptors (Lipinski definition) is 3. The van der Waals surface area contributed by atoms with E-state index in [1.807, 2.05) is 7.05 Å². The molecule has 136 valence electrons. The summed E-state index contributed by atoms with van der Waals surface area (Å²) in [5.41, 5.74) is 1.39. The van der Waals surface area contributed by atoms with Gasteiger partial charge in [-0.1, -0.05) is 37.3 Å². The lowest BCUT2D eigenvalue weighted by Gasteiger charge is -2.36. The molecule has 1 aromatic carbocycles. The van der Waals surface area contributed by atoms with Gasteiger partial charge in [-0.15, -0.1) is 24.0 Å². The van der Waals surface area contributed by atoms with Crippen molar-refractivity contribution in [1.82, 2.24) is 20.0 Å². The van der Waals surface area contributed by atoms with Gasteiger partial charge in [0.2, 0.25) is 0 Å². The molecular weight excluding hydrogens is 413 g/mol. The summed E-state index contributed by atoms with van der Waals surface area (Å²) in [6, 6.07) is 10.7. The quantitative estimate of drug-likeness (QED) is 0.413. The van der Waals surface area contributed by atoms with Crippen LogP contribution in [-0.4, -0.2) is 80.6 Å². The molecule has 1 aromatic rings. The van der Waals surface area contributed by atoms with Gasteiger partial charge in [0, 0.05) is 52.9 Å². The first-order valence-corrected chi connectivity index (χ1v) is 8.63. The Morgan fingerprint density at radius 2 is 1.83 bits per heavy atom. The van der Waals surface area contributed by atoms with E-state index in [0.29, 0.717) is 0 Å². The monoisotopic (exact) mass is 445 g/mol. The fraction of sp³-hybridized carbons (Fsp3) is 0.611. The van der Waals surface area contributed by atoms with Gasteiger partial charge in [-0.25, -0.2) is 0 Å². The largest absolute Gasteiger partial charge is 0.355 e. The van der Waals surface area contributed by atoms with Crippen molar-refractivity contribution in [2.24, 2.45) is 4.99 Å². The molecule has 1 aliphatic heterocycles. The Balaban J connectivity index is 0.00000288. The Kier molecular flexibility index (Phi) is 10.3. The topological polar surface area (TPSA) is 34.1 Å². The molecule has 2 rings (SSSR count). The number of piperazine rings is 1. The van der Waals surface area contributed by atoms with E-state index in [1.165, 1.54) is 5.56 Å². The van der Waals surface area contributed by atoms with Gasteiger partial charge in [0.1, 0.15) is 0 Å². The van der Waals surface area contributed by atoms with Gasteiger partial charge in [0.05, 0.1) is 0 Å². The minimum absolute atomic E-state index is 0. The number of nitrogens with zero attached hydrogens (tertiary/aromatic N) is 4. The summed E-state index contributed by atoms with van der Waals surface area (Å²) in [6.45, 7) is 10.5. The van der Waals surface area contributed by atoms with Gasteiger partial charge < -0.3 is 15.1 Å². The normalized spacial score (nSPS) is 16.2. The average molecular weight is 445 g/mol. The second kappa shape index (κ2) is 11.7. The van der Waals surface area contributed by atoms with Crippen LogP contribution in [0.25, 0.3) is 0 Å². The molecule has 0 saturated carbocycles. The van der Waals surface area contributed by atoms with Gasteiger partial charge >= 0.3 is 0 Å². The van der Waals surface area contributed by atoms with Crippen LogP contribution in [0.3, 0.4) is 0 Å². The third-order valence-corrected chi connectivity index (χ3v) is 4.45. The van der Waals surface area contributed by atoms with E-state index in [0.717, 1.165) is 58.3 Å². The minimum Gasteiger partial charge on any atom is -0.355 e. The van der Waals surface area contributed by atoms with E-state index >= 15 is 0 Å². The number of halogens is 1. The molecule has 1 N–H and O–H groups in total. The molecule has 6 heteroatoms. The molecule has 0 spiro atoms. The van der Waals surface area contributed by atoms with Crippen molar-refractivity contribution in [1.29, 1.82) is 0 Å². The highest BCUT2D eigenvalue weighted by Crippen LogP contribution is 2.08. The molecule has 0 aromatic heterocycles. The number of nitrogens with one attached hydrogen (secondary N) is 1. The fourth-order valence-corrected chi connectivity index (χ4v) is 2.81. The summed E-state index contributed by atoms with van der Waals surface area (Å²) in [5, 5.41) is 3.48. The molecule has 0 unspecified atom stereocenters. The lowest BCUT2D eigenvalue weighted by Crippen LogP contribution is -2.52. The third-order valence-electron chi connectivity index (χ3n) is 4.45. The van der Waals surface area contributed by atoms with E-state index < -0.39 is 0 Å². The number of likely N-dealkylation sites (N-methyl/N-ethyl adjacent to an activating group) is 1. The zero-order chi connectivity index (χ0) is 16.5. The van der Waals surface area contributed by atoms with Gasteiger partial charge in [0.25, 0.3) is 0 Å². The van der Waals surface area contributed by atoms with Crippen LogP contribution in [0.4, 0.5) is 0 Å². The summed E-state index contributed by atoms with van der Waals surface area (Å²) < 4.78 is 0. The predicted octanol–water partition coefficient (Wildman–Crippen LogP) is 1.95. The van der Waals surface area contributed by atoms with Crippen LogP contribution in [0.5, 0.6) is 0 Å². The first-order chi connectivity index (χ1) is 11.2. The van der Waals surface area contributed by atoms with E-state index in [4.69, 9.17) is 0 Å². The highest BCUT2D eigenvalue weighted by Gasteiger charge is 2.19. The van der Waals surface area contributed by atoms with Crippen molar-refractivity contribution < 1.29 is 0 Å². The SMILES string of the molecule is CCN(C)CCNC(=NC)N1CCN(Cc2ccccc2)CC1.I. The Labute approximate surface area is 164 Å². The Morgan fingerprint density at radius 1 is 1.17 bits per heavy atom. The lowest BCUT2D eigenvalue weighted by atomic mass is 10.2. The van der Waals surface area contributed by atoms with Gasteiger partial charge in [-0.2, -0.15) is 0 Å². The Hall–Kier alpha value is -0.860. The van der Waals surface area contributed by atoms with Gasteiger partial charge in [0.15, 0.2) is 5.96 Å². The molecule has 0 aliphatic carbocycles. The van der Waals surface area contributed by atoms with Crippen molar-refractivity contribution in [2.45, 2.75) is 13.5 Å². The summed E-state index contributed by atoms with van der Waals surface area (Å²) in [5.74, 6) is 1.04. The van der Waals surface area contributed by atoms with Crippen molar-refractivity contribution in [3.8, 4) is 0 Å². The van der Waals surface area contributed by atoms with Gasteiger partial charge in [-0.05, 0) is 19.2 Å². The van der Waals surface area contributed by atoms with E-state index in [1.54, 1.807) is 0 Å². The number of hydrogen-bond donors (Lipinski definition) is 1. The van der Waals surface area contributed by atoms with E-state index in [9.17, 15) is 0 Å².